The van der Waals surface area contributed by atoms with Crippen molar-refractivity contribution in [2.75, 3.05) is 0 Å². The Kier molecular flexibility index (Phi) is 91.7. The molecular weight excluding hydrogens is 225 g/mol. The summed E-state index contributed by atoms with van der Waals surface area (Å²) in [7, 11) is -7.26. The van der Waals surface area contributed by atoms with Gasteiger partial charge < -0.3 is 28.1 Å². The minimum atomic E-state index is -3.63. The summed E-state index contributed by atoms with van der Waals surface area (Å²) in [5.74, 6) is 0. The van der Waals surface area contributed by atoms with Crippen LogP contribution in [0, 0.1) is 0 Å². The maximum absolute atomic E-state index is 8.52. The normalized spacial score (nSPS) is 4.00. The zero-order chi connectivity index (χ0) is 7.15. The summed E-state index contributed by atoms with van der Waals surface area (Å²) < 4.78 is 17.0. The Labute approximate surface area is 121 Å². The first-order valence-electron chi connectivity index (χ1n) is 1.22. The molecule has 0 bridgehead atoms. The van der Waals surface area contributed by atoms with Gasteiger partial charge >= 0.3 is 71.5 Å². The Morgan fingerprint density at radius 2 is 0.833 bits per heavy atom. The van der Waals surface area contributed by atoms with Crippen molar-refractivity contribution < 1.29 is 81.2 Å². The molecule has 56 valence electrons. The third-order valence-electron chi connectivity index (χ3n) is 0. The van der Waals surface area contributed by atoms with Crippen molar-refractivity contribution in [3.63, 3.8) is 0 Å². The van der Waals surface area contributed by atoms with Crippen LogP contribution in [0.25, 0.3) is 0 Å². The van der Waals surface area contributed by atoms with E-state index < -0.39 is 18.3 Å². The van der Waals surface area contributed by atoms with Crippen LogP contribution in [0.4, 0.5) is 4.70 Å². The van der Waals surface area contributed by atoms with Crippen LogP contribution in [0.1, 0.15) is 0 Å². The van der Waals surface area contributed by atoms with Crippen molar-refractivity contribution in [3.8, 4) is 0 Å². The van der Waals surface area contributed by atoms with Gasteiger partial charge in [-0.2, -0.15) is 0 Å². The third kappa shape index (κ3) is 548. The standard InChI is InChI=1S/FH.Li.Mg.Na.2O3Si/c;;;;2*1-4(2)3/h1H;;;;;/q;+1;+2;+1;2*-2. The number of hydrogen-bond donors (Lipinski definition) is 0. The van der Waals surface area contributed by atoms with E-state index in [-0.39, 0.29) is 76.2 Å². The molecule has 0 N–H and O–H groups in total. The fourth-order valence-corrected chi connectivity index (χ4v) is 0. The molecular formula is HFLiMgNaO6Si2. The van der Waals surface area contributed by atoms with Crippen LogP contribution in [-0.2, 0) is 8.92 Å². The van der Waals surface area contributed by atoms with Gasteiger partial charge in [0.2, 0.25) is 0 Å². The molecule has 0 aromatic heterocycles. The Hall–Kier alpha value is 1.53. The smallest absolute Gasteiger partial charge is 0.672 e. The average Bonchev–Trinajstić information content (AvgIpc) is 1.25. The molecule has 6 nitrogen and oxygen atoms in total. The maximum Gasteiger partial charge on any atom is 2.00 e. The number of rotatable bonds is 0. The van der Waals surface area contributed by atoms with Gasteiger partial charge in [0.1, 0.15) is 0 Å². The van der Waals surface area contributed by atoms with E-state index in [0.717, 1.165) is 0 Å². The van der Waals surface area contributed by atoms with E-state index in [1.165, 1.54) is 0 Å². The first kappa shape index (κ1) is 37.5. The topological polar surface area (TPSA) is 126 Å². The summed E-state index contributed by atoms with van der Waals surface area (Å²) in [6.45, 7) is 0. The van der Waals surface area contributed by atoms with Crippen LogP contribution in [0.3, 0.4) is 0 Å². The Balaban J connectivity index is -0.0000000112. The monoisotopic (exact) mass is 226 g/mol. The van der Waals surface area contributed by atoms with Gasteiger partial charge in [-0.1, -0.05) is 0 Å². The Morgan fingerprint density at radius 1 is 0.833 bits per heavy atom. The summed E-state index contributed by atoms with van der Waals surface area (Å²) in [5, 5.41) is 0. The van der Waals surface area contributed by atoms with E-state index >= 15 is 0 Å². The molecule has 0 fully saturated rings. The minimum Gasteiger partial charge on any atom is -0.672 e. The maximum atomic E-state index is 8.52. The van der Waals surface area contributed by atoms with Crippen LogP contribution in [0.15, 0.2) is 0 Å². The molecule has 0 radical (unpaired) electrons. The molecule has 0 spiro atoms. The fourth-order valence-electron chi connectivity index (χ4n) is 0. The van der Waals surface area contributed by atoms with Crippen LogP contribution in [0.5, 0.6) is 0 Å². The molecule has 0 aliphatic rings. The van der Waals surface area contributed by atoms with E-state index in [0.29, 0.717) is 0 Å². The number of halogens is 1. The average molecular weight is 226 g/mol. The molecule has 0 amide bonds. The second-order valence-corrected chi connectivity index (χ2v) is 1.50. The van der Waals surface area contributed by atoms with Crippen molar-refractivity contribution >= 4 is 41.4 Å². The van der Waals surface area contributed by atoms with Gasteiger partial charge in [-0.3, -0.25) is 4.70 Å². The van der Waals surface area contributed by atoms with Crippen LogP contribution < -0.4 is 67.6 Å². The minimum absolute atomic E-state index is 0. The zero-order valence-electron chi connectivity index (χ0n) is 6.56. The van der Waals surface area contributed by atoms with Gasteiger partial charge in [-0.25, -0.2) is 0 Å². The molecule has 12 heteroatoms. The van der Waals surface area contributed by atoms with Crippen molar-refractivity contribution in [2.24, 2.45) is 0 Å². The second kappa shape index (κ2) is 29.4. The predicted octanol–water partition coefficient (Wildman–Crippen LogP) is -12.0. The summed E-state index contributed by atoms with van der Waals surface area (Å²) in [5.41, 5.74) is 0. The van der Waals surface area contributed by atoms with Gasteiger partial charge in [-0.05, 0) is 0 Å². The molecule has 12 heavy (non-hydrogen) atoms. The zero-order valence-corrected chi connectivity index (χ0v) is 12.0. The molecule has 0 heterocycles. The molecule has 0 rings (SSSR count). The van der Waals surface area contributed by atoms with Crippen molar-refractivity contribution in [1.82, 2.24) is 0 Å². The summed E-state index contributed by atoms with van der Waals surface area (Å²) in [4.78, 5) is 34.1. The molecule has 0 aromatic rings. The van der Waals surface area contributed by atoms with Crippen LogP contribution >= 0.6 is 0 Å². The molecule has 0 unspecified atom stereocenters. The SMILES string of the molecule is F.O=[Si]([O-])[O-].O=[Si]([O-])[O-].[Li+].[Mg+2].[Na+]. The fraction of sp³-hybridized carbons (Fsp3) is 0. The summed E-state index contributed by atoms with van der Waals surface area (Å²) in [6, 6.07) is 0. The second-order valence-electron chi connectivity index (χ2n) is 0.500. The van der Waals surface area contributed by atoms with Crippen molar-refractivity contribution in [2.45, 2.75) is 0 Å². The van der Waals surface area contributed by atoms with E-state index in [4.69, 9.17) is 28.1 Å². The number of hydrogen-bond acceptors (Lipinski definition) is 6. The quantitative estimate of drug-likeness (QED) is 0.377. The van der Waals surface area contributed by atoms with Gasteiger partial charge in [0.15, 0.2) is 0 Å². The van der Waals surface area contributed by atoms with Crippen molar-refractivity contribution in [3.05, 3.63) is 0 Å². The Morgan fingerprint density at radius 3 is 0.833 bits per heavy atom. The van der Waals surface area contributed by atoms with E-state index in [1.54, 1.807) is 0 Å². The predicted molar refractivity (Wildman–Crippen MR) is 21.1 cm³/mol. The molecule has 0 aromatic carbocycles. The van der Waals surface area contributed by atoms with Crippen LogP contribution in [0.2, 0.25) is 0 Å². The van der Waals surface area contributed by atoms with Crippen LogP contribution in [-0.4, -0.2) is 41.4 Å². The van der Waals surface area contributed by atoms with Crippen molar-refractivity contribution in [1.29, 1.82) is 0 Å². The van der Waals surface area contributed by atoms with Gasteiger partial charge in [0, 0.05) is 18.3 Å². The van der Waals surface area contributed by atoms with Gasteiger partial charge in [0.05, 0.1) is 0 Å². The molecule has 0 aliphatic carbocycles. The molecule has 0 saturated heterocycles. The first-order chi connectivity index (χ1) is 3.46. The summed E-state index contributed by atoms with van der Waals surface area (Å²) in [6.07, 6.45) is 0. The molecule has 0 saturated carbocycles. The first-order valence-corrected chi connectivity index (χ1v) is 3.67. The Bertz CT molecular complexity index is 83.5. The third-order valence-corrected chi connectivity index (χ3v) is 0. The molecule has 0 aliphatic heterocycles. The van der Waals surface area contributed by atoms with Gasteiger partial charge in [0.25, 0.3) is 0 Å². The van der Waals surface area contributed by atoms with E-state index in [2.05, 4.69) is 0 Å². The molecule has 0 atom stereocenters. The van der Waals surface area contributed by atoms with E-state index in [1.807, 2.05) is 0 Å². The van der Waals surface area contributed by atoms with E-state index in [9.17, 15) is 0 Å². The largest absolute Gasteiger partial charge is 2.00 e. The van der Waals surface area contributed by atoms with Gasteiger partial charge in [-0.15, -0.1) is 0 Å². The summed E-state index contributed by atoms with van der Waals surface area (Å²) >= 11 is 0.